The summed E-state index contributed by atoms with van der Waals surface area (Å²) >= 11 is 0. The normalized spacial score (nSPS) is 15.2. The van der Waals surface area contributed by atoms with Gasteiger partial charge in [-0.25, -0.2) is 0 Å². The van der Waals surface area contributed by atoms with Gasteiger partial charge in [-0.1, -0.05) is 6.07 Å². The molecule has 0 saturated heterocycles. The highest BCUT2D eigenvalue weighted by atomic mass is 16.6. The molecule has 0 aliphatic heterocycles. The van der Waals surface area contributed by atoms with Crippen LogP contribution >= 0.6 is 0 Å². The highest BCUT2D eigenvalue weighted by molar-refractivity contribution is 5.48. The third-order valence-corrected chi connectivity index (χ3v) is 2.13. The summed E-state index contributed by atoms with van der Waals surface area (Å²) in [6.45, 7) is 1.89. The van der Waals surface area contributed by atoms with Gasteiger partial charge in [0, 0.05) is 6.07 Å². The zero-order chi connectivity index (χ0) is 10.1. The number of aryl methyl sites for hydroxylation is 1. The average molecular weight is 193 g/mol. The van der Waals surface area contributed by atoms with Crippen LogP contribution in [0.15, 0.2) is 18.2 Å². The van der Waals surface area contributed by atoms with Crippen LogP contribution in [0.25, 0.3) is 0 Å². The molecule has 1 aromatic carbocycles. The molecule has 4 heteroatoms. The van der Waals surface area contributed by atoms with Crippen molar-refractivity contribution in [2.24, 2.45) is 0 Å². The van der Waals surface area contributed by atoms with E-state index in [1.807, 2.05) is 6.92 Å². The van der Waals surface area contributed by atoms with Crippen molar-refractivity contribution in [3.8, 4) is 5.75 Å². The minimum absolute atomic E-state index is 0.0579. The molecule has 1 aliphatic carbocycles. The van der Waals surface area contributed by atoms with Crippen LogP contribution < -0.4 is 4.74 Å². The van der Waals surface area contributed by atoms with Crippen molar-refractivity contribution >= 4 is 5.69 Å². The molecule has 74 valence electrons. The second-order valence-electron chi connectivity index (χ2n) is 3.55. The predicted octanol–water partition coefficient (Wildman–Crippen LogP) is 2.44. The summed E-state index contributed by atoms with van der Waals surface area (Å²) in [6, 6.07) is 4.93. The Balaban J connectivity index is 2.31. The number of hydrogen-bond donors (Lipinski definition) is 0. The Morgan fingerprint density at radius 3 is 2.79 bits per heavy atom. The number of nitro benzene ring substituents is 1. The lowest BCUT2D eigenvalue weighted by molar-refractivity contribution is -0.386. The van der Waals surface area contributed by atoms with Gasteiger partial charge in [0.15, 0.2) is 5.75 Å². The van der Waals surface area contributed by atoms with Crippen LogP contribution in [0.4, 0.5) is 5.69 Å². The summed E-state index contributed by atoms with van der Waals surface area (Å²) < 4.78 is 5.46. The van der Waals surface area contributed by atoms with Gasteiger partial charge in [-0.2, -0.15) is 0 Å². The molecule has 14 heavy (non-hydrogen) atoms. The van der Waals surface area contributed by atoms with Gasteiger partial charge in [0.05, 0.1) is 11.0 Å². The quantitative estimate of drug-likeness (QED) is 0.547. The van der Waals surface area contributed by atoms with Gasteiger partial charge in [0.1, 0.15) is 0 Å². The van der Waals surface area contributed by atoms with E-state index in [0.717, 1.165) is 18.4 Å². The summed E-state index contributed by atoms with van der Waals surface area (Å²) in [5.74, 6) is 0.400. The predicted molar refractivity (Wildman–Crippen MR) is 51.5 cm³/mol. The fraction of sp³-hybridized carbons (Fsp3) is 0.400. The van der Waals surface area contributed by atoms with Gasteiger partial charge in [0.2, 0.25) is 0 Å². The van der Waals surface area contributed by atoms with E-state index in [-0.39, 0.29) is 11.8 Å². The standard InChI is InChI=1S/C10H11NO3/c1-7-2-5-9(11(12)13)10(6-7)14-8-3-4-8/h2,5-6,8H,3-4H2,1H3. The molecule has 0 N–H and O–H groups in total. The highest BCUT2D eigenvalue weighted by Crippen LogP contribution is 2.33. The summed E-state index contributed by atoms with van der Waals surface area (Å²) in [5.41, 5.74) is 1.04. The molecule has 2 rings (SSSR count). The summed E-state index contributed by atoms with van der Waals surface area (Å²) in [7, 11) is 0. The van der Waals surface area contributed by atoms with E-state index in [2.05, 4.69) is 0 Å². The fourth-order valence-corrected chi connectivity index (χ4v) is 1.23. The van der Waals surface area contributed by atoms with Crippen LogP contribution in [-0.2, 0) is 0 Å². The van der Waals surface area contributed by atoms with E-state index in [0.29, 0.717) is 5.75 Å². The first kappa shape index (κ1) is 8.99. The molecule has 0 radical (unpaired) electrons. The molecule has 0 atom stereocenters. The number of rotatable bonds is 3. The fourth-order valence-electron chi connectivity index (χ4n) is 1.23. The first-order valence-electron chi connectivity index (χ1n) is 4.58. The minimum Gasteiger partial charge on any atom is -0.483 e. The molecule has 0 heterocycles. The van der Waals surface area contributed by atoms with Gasteiger partial charge in [-0.3, -0.25) is 10.1 Å². The van der Waals surface area contributed by atoms with Crippen LogP contribution in [-0.4, -0.2) is 11.0 Å². The smallest absolute Gasteiger partial charge is 0.310 e. The second-order valence-corrected chi connectivity index (χ2v) is 3.55. The molecule has 1 aliphatic rings. The first-order valence-corrected chi connectivity index (χ1v) is 4.58. The molecule has 0 bridgehead atoms. The van der Waals surface area contributed by atoms with E-state index in [9.17, 15) is 10.1 Å². The Hall–Kier alpha value is -1.58. The molecule has 0 aromatic heterocycles. The molecule has 4 nitrogen and oxygen atoms in total. The Morgan fingerprint density at radius 1 is 1.50 bits per heavy atom. The van der Waals surface area contributed by atoms with Crippen molar-refractivity contribution in [3.63, 3.8) is 0 Å². The molecule has 1 aromatic rings. The van der Waals surface area contributed by atoms with Gasteiger partial charge >= 0.3 is 5.69 Å². The van der Waals surface area contributed by atoms with Gasteiger partial charge < -0.3 is 4.74 Å². The Kier molecular flexibility index (Phi) is 2.11. The van der Waals surface area contributed by atoms with E-state index >= 15 is 0 Å². The maximum Gasteiger partial charge on any atom is 0.310 e. The maximum atomic E-state index is 10.7. The van der Waals surface area contributed by atoms with Crippen LogP contribution in [0.2, 0.25) is 0 Å². The zero-order valence-corrected chi connectivity index (χ0v) is 7.90. The van der Waals surface area contributed by atoms with E-state index in [4.69, 9.17) is 4.74 Å². The van der Waals surface area contributed by atoms with Gasteiger partial charge in [-0.05, 0) is 31.4 Å². The van der Waals surface area contributed by atoms with Crippen molar-refractivity contribution in [2.45, 2.75) is 25.9 Å². The molecule has 0 spiro atoms. The Bertz CT molecular complexity index is 372. The van der Waals surface area contributed by atoms with Crippen molar-refractivity contribution in [1.82, 2.24) is 0 Å². The molecular formula is C10H11NO3. The summed E-state index contributed by atoms with van der Waals surface area (Å²) in [6.07, 6.45) is 2.20. The highest BCUT2D eigenvalue weighted by Gasteiger charge is 2.27. The van der Waals surface area contributed by atoms with Crippen molar-refractivity contribution < 1.29 is 9.66 Å². The maximum absolute atomic E-state index is 10.7. The topological polar surface area (TPSA) is 52.4 Å². The number of ether oxygens (including phenoxy) is 1. The van der Waals surface area contributed by atoms with Crippen molar-refractivity contribution in [2.75, 3.05) is 0 Å². The number of nitrogens with zero attached hydrogens (tertiary/aromatic N) is 1. The molecule has 0 unspecified atom stereocenters. The Labute approximate surface area is 81.7 Å². The molecular weight excluding hydrogens is 182 g/mol. The molecule has 1 saturated carbocycles. The lowest BCUT2D eigenvalue weighted by Gasteiger charge is -2.05. The third-order valence-electron chi connectivity index (χ3n) is 2.13. The minimum atomic E-state index is -0.406. The lowest BCUT2D eigenvalue weighted by Crippen LogP contribution is -2.00. The van der Waals surface area contributed by atoms with Crippen LogP contribution in [0.1, 0.15) is 18.4 Å². The lowest BCUT2D eigenvalue weighted by atomic mass is 10.2. The SMILES string of the molecule is Cc1ccc([N+](=O)[O-])c(OC2CC2)c1. The first-order chi connectivity index (χ1) is 6.66. The summed E-state index contributed by atoms with van der Waals surface area (Å²) in [5, 5.41) is 10.7. The summed E-state index contributed by atoms with van der Waals surface area (Å²) in [4.78, 5) is 10.3. The zero-order valence-electron chi connectivity index (χ0n) is 7.90. The Morgan fingerprint density at radius 2 is 2.21 bits per heavy atom. The molecule has 0 amide bonds. The third kappa shape index (κ3) is 1.84. The van der Waals surface area contributed by atoms with Gasteiger partial charge in [0.25, 0.3) is 0 Å². The average Bonchev–Trinajstić information content (AvgIpc) is 2.87. The molecule has 1 fully saturated rings. The van der Waals surface area contributed by atoms with Crippen LogP contribution in [0, 0.1) is 17.0 Å². The van der Waals surface area contributed by atoms with Crippen molar-refractivity contribution in [1.29, 1.82) is 0 Å². The van der Waals surface area contributed by atoms with E-state index in [1.54, 1.807) is 12.1 Å². The monoisotopic (exact) mass is 193 g/mol. The largest absolute Gasteiger partial charge is 0.483 e. The van der Waals surface area contributed by atoms with Gasteiger partial charge in [-0.15, -0.1) is 0 Å². The van der Waals surface area contributed by atoms with Crippen molar-refractivity contribution in [3.05, 3.63) is 33.9 Å². The number of hydrogen-bond acceptors (Lipinski definition) is 3. The van der Waals surface area contributed by atoms with E-state index in [1.165, 1.54) is 6.07 Å². The number of nitro groups is 1. The van der Waals surface area contributed by atoms with Crippen LogP contribution in [0.3, 0.4) is 0 Å². The van der Waals surface area contributed by atoms with E-state index < -0.39 is 4.92 Å². The second kappa shape index (κ2) is 3.29. The number of benzene rings is 1. The van der Waals surface area contributed by atoms with Crippen LogP contribution in [0.5, 0.6) is 5.75 Å².